The van der Waals surface area contributed by atoms with E-state index in [1.165, 1.54) is 0 Å². The molecule has 2 aromatic rings. The summed E-state index contributed by atoms with van der Waals surface area (Å²) >= 11 is 18.3. The Bertz CT molecular complexity index is 842. The second-order valence-corrected chi connectivity index (χ2v) is 7.58. The van der Waals surface area contributed by atoms with Crippen LogP contribution in [0.2, 0.25) is 15.1 Å². The van der Waals surface area contributed by atoms with Gasteiger partial charge in [0, 0.05) is 18.1 Å². The van der Waals surface area contributed by atoms with E-state index in [2.05, 4.69) is 5.32 Å². The normalized spacial score (nSPS) is 11.8. The summed E-state index contributed by atoms with van der Waals surface area (Å²) in [5.41, 5.74) is 1.52. The summed E-state index contributed by atoms with van der Waals surface area (Å²) in [7, 11) is 0. The first-order valence-electron chi connectivity index (χ1n) is 9.11. The van der Waals surface area contributed by atoms with Crippen molar-refractivity contribution in [2.45, 2.75) is 39.3 Å². The third kappa shape index (κ3) is 5.87. The minimum Gasteiger partial charge on any atom is -0.355 e. The van der Waals surface area contributed by atoms with Crippen molar-refractivity contribution >= 4 is 46.6 Å². The largest absolute Gasteiger partial charge is 0.355 e. The fourth-order valence-electron chi connectivity index (χ4n) is 2.95. The van der Waals surface area contributed by atoms with E-state index < -0.39 is 6.04 Å². The molecule has 28 heavy (non-hydrogen) atoms. The smallest absolute Gasteiger partial charge is 0.242 e. The van der Waals surface area contributed by atoms with Gasteiger partial charge in [0.2, 0.25) is 11.8 Å². The van der Waals surface area contributed by atoms with Crippen molar-refractivity contribution in [2.75, 3.05) is 6.54 Å². The maximum Gasteiger partial charge on any atom is 0.242 e. The van der Waals surface area contributed by atoms with Crippen molar-refractivity contribution in [3.63, 3.8) is 0 Å². The minimum absolute atomic E-state index is 0.108. The van der Waals surface area contributed by atoms with Crippen molar-refractivity contribution < 1.29 is 9.59 Å². The molecule has 2 aromatic carbocycles. The molecule has 0 aliphatic rings. The van der Waals surface area contributed by atoms with Gasteiger partial charge in [0.05, 0.1) is 16.5 Å². The van der Waals surface area contributed by atoms with E-state index in [1.807, 2.05) is 32.0 Å². The lowest BCUT2D eigenvalue weighted by Gasteiger charge is -2.31. The number of amides is 2. The molecule has 0 aromatic heterocycles. The lowest BCUT2D eigenvalue weighted by atomic mass is 10.1. The molecule has 2 rings (SSSR count). The molecule has 0 aliphatic heterocycles. The van der Waals surface area contributed by atoms with E-state index in [0.29, 0.717) is 28.0 Å². The van der Waals surface area contributed by atoms with E-state index >= 15 is 0 Å². The number of hydrogen-bond acceptors (Lipinski definition) is 2. The SMILES string of the molecule is CCNC(=O)C(CC)N(Cc1ccc(Cl)c(Cl)c1)C(=O)Cc1ccccc1Cl. The molecule has 0 fully saturated rings. The number of hydrogen-bond donors (Lipinski definition) is 1. The second kappa shape index (κ2) is 10.7. The average molecular weight is 442 g/mol. The van der Waals surface area contributed by atoms with E-state index in [0.717, 1.165) is 11.1 Å². The fraction of sp³-hybridized carbons (Fsp3) is 0.333. The van der Waals surface area contributed by atoms with Gasteiger partial charge in [-0.3, -0.25) is 9.59 Å². The minimum atomic E-state index is -0.593. The molecule has 0 radical (unpaired) electrons. The van der Waals surface area contributed by atoms with E-state index in [9.17, 15) is 9.59 Å². The van der Waals surface area contributed by atoms with Gasteiger partial charge in [-0.25, -0.2) is 0 Å². The van der Waals surface area contributed by atoms with E-state index in [-0.39, 0.29) is 24.8 Å². The zero-order valence-electron chi connectivity index (χ0n) is 15.8. The summed E-state index contributed by atoms with van der Waals surface area (Å²) in [5, 5.41) is 4.18. The van der Waals surface area contributed by atoms with Crippen molar-refractivity contribution in [1.29, 1.82) is 0 Å². The summed E-state index contributed by atoms with van der Waals surface area (Å²) in [5.74, 6) is -0.366. The molecular weight excluding hydrogens is 419 g/mol. The number of benzene rings is 2. The molecule has 150 valence electrons. The van der Waals surface area contributed by atoms with Crippen LogP contribution >= 0.6 is 34.8 Å². The van der Waals surface area contributed by atoms with Crippen molar-refractivity contribution in [3.05, 3.63) is 68.7 Å². The predicted molar refractivity (Wildman–Crippen MR) is 115 cm³/mol. The molecule has 2 amide bonds. The molecule has 1 unspecified atom stereocenters. The Labute approximate surface area is 180 Å². The van der Waals surface area contributed by atoms with Gasteiger partial charge in [-0.05, 0) is 42.7 Å². The van der Waals surface area contributed by atoms with E-state index in [4.69, 9.17) is 34.8 Å². The highest BCUT2D eigenvalue weighted by molar-refractivity contribution is 6.42. The van der Waals surface area contributed by atoms with Crippen LogP contribution in [0, 0.1) is 0 Å². The third-order valence-corrected chi connectivity index (χ3v) is 5.48. The maximum absolute atomic E-state index is 13.2. The maximum atomic E-state index is 13.2. The molecule has 0 aliphatic carbocycles. The Morgan fingerprint density at radius 2 is 1.71 bits per heavy atom. The summed E-state index contributed by atoms with van der Waals surface area (Å²) in [6, 6.07) is 11.8. The number of nitrogens with one attached hydrogen (secondary N) is 1. The van der Waals surface area contributed by atoms with Gasteiger partial charge in [-0.1, -0.05) is 66.0 Å². The number of halogens is 3. The molecule has 4 nitrogen and oxygen atoms in total. The topological polar surface area (TPSA) is 49.4 Å². The Morgan fingerprint density at radius 3 is 2.32 bits per heavy atom. The van der Waals surface area contributed by atoms with Crippen LogP contribution in [0.5, 0.6) is 0 Å². The molecule has 1 atom stereocenters. The zero-order valence-corrected chi connectivity index (χ0v) is 18.1. The molecule has 0 bridgehead atoms. The van der Waals surface area contributed by atoms with Crippen LogP contribution in [0.25, 0.3) is 0 Å². The van der Waals surface area contributed by atoms with Gasteiger partial charge in [0.1, 0.15) is 6.04 Å². The number of nitrogens with zero attached hydrogens (tertiary/aromatic N) is 1. The zero-order chi connectivity index (χ0) is 20.7. The monoisotopic (exact) mass is 440 g/mol. The van der Waals surface area contributed by atoms with Crippen LogP contribution in [-0.4, -0.2) is 29.3 Å². The van der Waals surface area contributed by atoms with Crippen LogP contribution in [0.15, 0.2) is 42.5 Å². The summed E-state index contributed by atoms with van der Waals surface area (Å²) in [4.78, 5) is 27.3. The Hall–Kier alpha value is -1.75. The summed E-state index contributed by atoms with van der Waals surface area (Å²) in [6.45, 7) is 4.47. The molecule has 7 heteroatoms. The summed E-state index contributed by atoms with van der Waals surface area (Å²) in [6.07, 6.45) is 0.596. The molecule has 0 saturated carbocycles. The third-order valence-electron chi connectivity index (χ3n) is 4.37. The van der Waals surface area contributed by atoms with Crippen LogP contribution in [-0.2, 0) is 22.6 Å². The first-order valence-corrected chi connectivity index (χ1v) is 10.2. The number of likely N-dealkylation sites (N-methyl/N-ethyl adjacent to an activating group) is 1. The number of rotatable bonds is 8. The Kier molecular flexibility index (Phi) is 8.61. The molecule has 0 saturated heterocycles. The first-order chi connectivity index (χ1) is 13.4. The molecular formula is C21H23Cl3N2O2. The van der Waals surface area contributed by atoms with Crippen LogP contribution in [0.3, 0.4) is 0 Å². The van der Waals surface area contributed by atoms with Crippen LogP contribution in [0.4, 0.5) is 0 Å². The summed E-state index contributed by atoms with van der Waals surface area (Å²) < 4.78 is 0. The lowest BCUT2D eigenvalue weighted by molar-refractivity contribution is -0.140. The van der Waals surface area contributed by atoms with Gasteiger partial charge in [-0.2, -0.15) is 0 Å². The molecule has 0 heterocycles. The standard InChI is InChI=1S/C21H23Cl3N2O2/c1-3-19(21(28)25-4-2)26(13-14-9-10-17(23)18(24)11-14)20(27)12-15-7-5-6-8-16(15)22/h5-11,19H,3-4,12-13H2,1-2H3,(H,25,28). The molecule has 0 spiro atoms. The Balaban J connectivity index is 2.33. The Morgan fingerprint density at radius 1 is 1.00 bits per heavy atom. The van der Waals surface area contributed by atoms with Crippen molar-refractivity contribution in [1.82, 2.24) is 10.2 Å². The highest BCUT2D eigenvalue weighted by Gasteiger charge is 2.28. The second-order valence-electron chi connectivity index (χ2n) is 6.36. The van der Waals surface area contributed by atoms with Crippen LogP contribution in [0.1, 0.15) is 31.4 Å². The molecule has 1 N–H and O–H groups in total. The van der Waals surface area contributed by atoms with Gasteiger partial charge in [0.25, 0.3) is 0 Å². The van der Waals surface area contributed by atoms with Gasteiger partial charge in [-0.15, -0.1) is 0 Å². The van der Waals surface area contributed by atoms with Gasteiger partial charge >= 0.3 is 0 Å². The van der Waals surface area contributed by atoms with Gasteiger partial charge in [0.15, 0.2) is 0 Å². The predicted octanol–water partition coefficient (Wildman–Crippen LogP) is 5.13. The van der Waals surface area contributed by atoms with Crippen LogP contribution < -0.4 is 5.32 Å². The van der Waals surface area contributed by atoms with E-state index in [1.54, 1.807) is 29.2 Å². The fourth-order valence-corrected chi connectivity index (χ4v) is 3.48. The quantitative estimate of drug-likeness (QED) is 0.617. The first kappa shape index (κ1) is 22.5. The average Bonchev–Trinajstić information content (AvgIpc) is 2.66. The van der Waals surface area contributed by atoms with Crippen molar-refractivity contribution in [3.8, 4) is 0 Å². The number of carbonyl (C=O) groups is 2. The van der Waals surface area contributed by atoms with Gasteiger partial charge < -0.3 is 10.2 Å². The highest BCUT2D eigenvalue weighted by atomic mass is 35.5. The highest BCUT2D eigenvalue weighted by Crippen LogP contribution is 2.25. The number of carbonyl (C=O) groups excluding carboxylic acids is 2. The lowest BCUT2D eigenvalue weighted by Crippen LogP contribution is -2.49. The van der Waals surface area contributed by atoms with Crippen molar-refractivity contribution in [2.24, 2.45) is 0 Å².